The first-order valence-corrected chi connectivity index (χ1v) is 6.50. The van der Waals surface area contributed by atoms with Crippen LogP contribution in [-0.2, 0) is 20.8 Å². The van der Waals surface area contributed by atoms with Crippen LogP contribution in [0.3, 0.4) is 0 Å². The number of anilines is 1. The van der Waals surface area contributed by atoms with Crippen LogP contribution in [0.5, 0.6) is 0 Å². The number of benzene rings is 1. The molecule has 1 amide bonds. The van der Waals surface area contributed by atoms with E-state index >= 15 is 0 Å². The highest BCUT2D eigenvalue weighted by molar-refractivity contribution is 5.91. The van der Waals surface area contributed by atoms with Crippen molar-refractivity contribution in [1.29, 1.82) is 0 Å². The first-order valence-electron chi connectivity index (χ1n) is 6.50. The van der Waals surface area contributed by atoms with Crippen LogP contribution in [0.15, 0.2) is 24.3 Å². The zero-order chi connectivity index (χ0) is 13.9. The molecule has 0 fully saturated rings. The van der Waals surface area contributed by atoms with E-state index in [1.807, 2.05) is 31.2 Å². The smallest absolute Gasteiger partial charge is 0.250 e. The van der Waals surface area contributed by atoms with E-state index in [2.05, 4.69) is 5.32 Å². The maximum Gasteiger partial charge on any atom is 0.250 e. The molecule has 5 nitrogen and oxygen atoms in total. The fraction of sp³-hybridized carbons (Fsp3) is 0.500. The van der Waals surface area contributed by atoms with Crippen LogP contribution in [0, 0.1) is 0 Å². The lowest BCUT2D eigenvalue weighted by Crippen LogP contribution is -2.20. The summed E-state index contributed by atoms with van der Waals surface area (Å²) in [5.74, 6) is -0.176. The molecule has 1 rings (SSSR count). The fourth-order valence-corrected chi connectivity index (χ4v) is 1.50. The van der Waals surface area contributed by atoms with Crippen molar-refractivity contribution in [2.75, 3.05) is 31.7 Å². The van der Waals surface area contributed by atoms with Crippen LogP contribution in [-0.4, -0.2) is 32.3 Å². The molecule has 0 heterocycles. The van der Waals surface area contributed by atoms with Gasteiger partial charge in [0, 0.05) is 18.8 Å². The second-order valence-corrected chi connectivity index (χ2v) is 4.12. The van der Waals surface area contributed by atoms with E-state index in [0.717, 1.165) is 24.3 Å². The largest absolute Gasteiger partial charge is 0.379 e. The van der Waals surface area contributed by atoms with Gasteiger partial charge in [-0.25, -0.2) is 0 Å². The van der Waals surface area contributed by atoms with Crippen molar-refractivity contribution in [2.24, 2.45) is 5.73 Å². The number of nitrogens with two attached hydrogens (primary N) is 1. The molecule has 0 radical (unpaired) electrons. The lowest BCUT2D eigenvalue weighted by Gasteiger charge is -2.07. The molecule has 0 saturated carbocycles. The normalized spacial score (nSPS) is 10.4. The predicted molar refractivity (Wildman–Crippen MR) is 74.9 cm³/mol. The van der Waals surface area contributed by atoms with E-state index in [9.17, 15) is 4.79 Å². The molecule has 1 aromatic rings. The maximum atomic E-state index is 11.6. The Balaban J connectivity index is 2.19. The number of hydrogen-bond acceptors (Lipinski definition) is 4. The molecule has 0 aromatic heterocycles. The molecule has 0 aliphatic heterocycles. The lowest BCUT2D eigenvalue weighted by molar-refractivity contribution is -0.121. The van der Waals surface area contributed by atoms with E-state index in [-0.39, 0.29) is 12.5 Å². The van der Waals surface area contributed by atoms with Crippen molar-refractivity contribution in [3.63, 3.8) is 0 Å². The molecule has 3 N–H and O–H groups in total. The number of carbonyl (C=O) groups excluding carboxylic acids is 1. The Bertz CT molecular complexity index is 383. The van der Waals surface area contributed by atoms with Crippen molar-refractivity contribution in [3.05, 3.63) is 29.8 Å². The van der Waals surface area contributed by atoms with Crippen molar-refractivity contribution in [2.45, 2.75) is 19.9 Å². The summed E-state index contributed by atoms with van der Waals surface area (Å²) >= 11 is 0. The number of nitrogens with one attached hydrogen (secondary N) is 1. The van der Waals surface area contributed by atoms with Gasteiger partial charge < -0.3 is 20.5 Å². The van der Waals surface area contributed by atoms with Gasteiger partial charge in [-0.1, -0.05) is 19.1 Å². The summed E-state index contributed by atoms with van der Waals surface area (Å²) in [6, 6.07) is 7.44. The predicted octanol–water partition coefficient (Wildman–Crippen LogP) is 1.53. The Labute approximate surface area is 114 Å². The van der Waals surface area contributed by atoms with Crippen molar-refractivity contribution >= 4 is 11.6 Å². The zero-order valence-corrected chi connectivity index (χ0v) is 11.4. The number of carbonyl (C=O) groups is 1. The van der Waals surface area contributed by atoms with Crippen molar-refractivity contribution in [3.8, 4) is 0 Å². The van der Waals surface area contributed by atoms with Gasteiger partial charge in [-0.3, -0.25) is 4.79 Å². The van der Waals surface area contributed by atoms with Gasteiger partial charge in [0.2, 0.25) is 5.91 Å². The lowest BCUT2D eigenvalue weighted by atomic mass is 10.2. The third-order valence-corrected chi connectivity index (χ3v) is 2.40. The summed E-state index contributed by atoms with van der Waals surface area (Å²) in [5.41, 5.74) is 7.25. The second kappa shape index (κ2) is 9.49. The monoisotopic (exact) mass is 266 g/mol. The molecule has 0 atom stereocenters. The first-order chi connectivity index (χ1) is 9.26. The topological polar surface area (TPSA) is 73.6 Å². The van der Waals surface area contributed by atoms with Crippen LogP contribution in [0.25, 0.3) is 0 Å². The highest BCUT2D eigenvalue weighted by Crippen LogP contribution is 2.09. The Hall–Kier alpha value is -1.43. The second-order valence-electron chi connectivity index (χ2n) is 4.12. The molecule has 1 aromatic carbocycles. The van der Waals surface area contributed by atoms with Crippen molar-refractivity contribution < 1.29 is 14.3 Å². The molecule has 0 aliphatic rings. The van der Waals surface area contributed by atoms with Crippen LogP contribution in [0.4, 0.5) is 5.69 Å². The van der Waals surface area contributed by atoms with Gasteiger partial charge in [-0.15, -0.1) is 0 Å². The van der Waals surface area contributed by atoms with Gasteiger partial charge in [0.05, 0.1) is 13.2 Å². The van der Waals surface area contributed by atoms with Gasteiger partial charge in [0.15, 0.2) is 0 Å². The third kappa shape index (κ3) is 6.91. The zero-order valence-electron chi connectivity index (χ0n) is 11.4. The van der Waals surface area contributed by atoms with Gasteiger partial charge in [0.25, 0.3) is 0 Å². The number of hydrogen-bond donors (Lipinski definition) is 2. The molecule has 0 spiro atoms. The minimum absolute atomic E-state index is 0.0301. The summed E-state index contributed by atoms with van der Waals surface area (Å²) in [4.78, 5) is 11.6. The SMILES string of the molecule is CCCOCCOCC(=O)Nc1cccc(CN)c1. The maximum absolute atomic E-state index is 11.6. The van der Waals surface area contributed by atoms with E-state index in [1.54, 1.807) is 0 Å². The fourth-order valence-electron chi connectivity index (χ4n) is 1.50. The van der Waals surface area contributed by atoms with E-state index in [0.29, 0.717) is 19.8 Å². The third-order valence-electron chi connectivity index (χ3n) is 2.40. The van der Waals surface area contributed by atoms with Crippen molar-refractivity contribution in [1.82, 2.24) is 0 Å². The molecular formula is C14H22N2O3. The van der Waals surface area contributed by atoms with Gasteiger partial charge in [0.1, 0.15) is 6.61 Å². The van der Waals surface area contributed by atoms with E-state index in [1.165, 1.54) is 0 Å². The van der Waals surface area contributed by atoms with Crippen LogP contribution in [0.1, 0.15) is 18.9 Å². The molecule has 0 bridgehead atoms. The Morgan fingerprint density at radius 3 is 2.79 bits per heavy atom. The summed E-state index contributed by atoms with van der Waals surface area (Å²) in [7, 11) is 0. The van der Waals surface area contributed by atoms with Crippen LogP contribution < -0.4 is 11.1 Å². The van der Waals surface area contributed by atoms with E-state index in [4.69, 9.17) is 15.2 Å². The summed E-state index contributed by atoms with van der Waals surface area (Å²) in [5, 5.41) is 2.76. The highest BCUT2D eigenvalue weighted by atomic mass is 16.5. The minimum atomic E-state index is -0.176. The highest BCUT2D eigenvalue weighted by Gasteiger charge is 2.02. The number of ether oxygens (including phenoxy) is 2. The Kier molecular flexibility index (Phi) is 7.81. The van der Waals surface area contributed by atoms with Gasteiger partial charge in [-0.05, 0) is 24.1 Å². The molecule has 106 valence electrons. The minimum Gasteiger partial charge on any atom is -0.379 e. The summed E-state index contributed by atoms with van der Waals surface area (Å²) in [6.07, 6.45) is 0.984. The number of amides is 1. The van der Waals surface area contributed by atoms with Gasteiger partial charge >= 0.3 is 0 Å². The molecule has 0 saturated heterocycles. The quantitative estimate of drug-likeness (QED) is 0.665. The average molecular weight is 266 g/mol. The average Bonchev–Trinajstić information content (AvgIpc) is 2.43. The summed E-state index contributed by atoms with van der Waals surface area (Å²) in [6.45, 7) is 4.20. The Morgan fingerprint density at radius 2 is 2.05 bits per heavy atom. The van der Waals surface area contributed by atoms with Crippen LogP contribution in [0.2, 0.25) is 0 Å². The molecule has 0 aliphatic carbocycles. The van der Waals surface area contributed by atoms with Crippen LogP contribution >= 0.6 is 0 Å². The summed E-state index contributed by atoms with van der Waals surface area (Å²) < 4.78 is 10.5. The molecular weight excluding hydrogens is 244 g/mol. The standard InChI is InChI=1S/C14H22N2O3/c1-2-6-18-7-8-19-11-14(17)16-13-5-3-4-12(9-13)10-15/h3-5,9H,2,6-8,10-11,15H2,1H3,(H,16,17). The molecule has 19 heavy (non-hydrogen) atoms. The number of rotatable bonds is 9. The Morgan fingerprint density at radius 1 is 1.26 bits per heavy atom. The van der Waals surface area contributed by atoms with Gasteiger partial charge in [-0.2, -0.15) is 0 Å². The van der Waals surface area contributed by atoms with E-state index < -0.39 is 0 Å². The molecule has 0 unspecified atom stereocenters. The first kappa shape index (κ1) is 15.6. The molecule has 5 heteroatoms.